The fourth-order valence-electron chi connectivity index (χ4n) is 3.88. The summed E-state index contributed by atoms with van der Waals surface area (Å²) in [6.07, 6.45) is 3.86. The van der Waals surface area contributed by atoms with Gasteiger partial charge in [-0.1, -0.05) is 0 Å². The normalized spacial score (nSPS) is 27.5. The van der Waals surface area contributed by atoms with Gasteiger partial charge in [-0.25, -0.2) is 8.78 Å². The zero-order chi connectivity index (χ0) is 17.1. The number of rotatable bonds is 5. The van der Waals surface area contributed by atoms with E-state index in [1.807, 2.05) is 0 Å². The number of hydrogen-bond donors (Lipinski definition) is 2. The average molecular weight is 338 g/mol. The van der Waals surface area contributed by atoms with Gasteiger partial charge in [0.25, 0.3) is 0 Å². The van der Waals surface area contributed by atoms with Crippen molar-refractivity contribution in [2.45, 2.75) is 56.7 Å². The van der Waals surface area contributed by atoms with Crippen LogP contribution in [0.5, 0.6) is 0 Å². The second kappa shape index (κ2) is 7.57. The van der Waals surface area contributed by atoms with Gasteiger partial charge in [-0.2, -0.15) is 0 Å². The molecule has 6 heteroatoms. The average Bonchev–Trinajstić information content (AvgIpc) is 3.17. The number of hydrogen-bond acceptors (Lipinski definition) is 3. The Morgan fingerprint density at radius 3 is 2.88 bits per heavy atom. The number of nitrogens with one attached hydrogen (secondary N) is 1. The van der Waals surface area contributed by atoms with Crippen LogP contribution in [0.3, 0.4) is 0 Å². The van der Waals surface area contributed by atoms with Crippen molar-refractivity contribution in [1.82, 2.24) is 10.2 Å². The van der Waals surface area contributed by atoms with E-state index in [2.05, 4.69) is 10.2 Å². The molecule has 3 rings (SSSR count). The molecule has 3 atom stereocenters. The van der Waals surface area contributed by atoms with E-state index in [0.717, 1.165) is 50.4 Å². The van der Waals surface area contributed by atoms with E-state index in [1.54, 1.807) is 0 Å². The summed E-state index contributed by atoms with van der Waals surface area (Å²) in [4.78, 5) is 14.5. The fourth-order valence-corrected chi connectivity index (χ4v) is 3.88. The van der Waals surface area contributed by atoms with Gasteiger partial charge in [0.2, 0.25) is 5.91 Å². The van der Waals surface area contributed by atoms with Crippen molar-refractivity contribution < 1.29 is 18.7 Å². The summed E-state index contributed by atoms with van der Waals surface area (Å²) in [5.74, 6) is -1.10. The van der Waals surface area contributed by atoms with Crippen LogP contribution in [0, 0.1) is 11.6 Å². The molecule has 1 saturated carbocycles. The lowest BCUT2D eigenvalue weighted by Gasteiger charge is -2.29. The molecule has 1 unspecified atom stereocenters. The minimum atomic E-state index is -0.491. The Hall–Kier alpha value is -1.53. The second-order valence-electron chi connectivity index (χ2n) is 6.85. The van der Waals surface area contributed by atoms with Crippen LogP contribution in [0.4, 0.5) is 8.78 Å². The van der Waals surface area contributed by atoms with Crippen molar-refractivity contribution in [3.63, 3.8) is 0 Å². The molecule has 132 valence electrons. The number of benzene rings is 1. The van der Waals surface area contributed by atoms with Gasteiger partial charge in [-0.3, -0.25) is 9.69 Å². The van der Waals surface area contributed by atoms with Crippen molar-refractivity contribution in [3.05, 3.63) is 35.4 Å². The zero-order valence-corrected chi connectivity index (χ0v) is 13.7. The fraction of sp³-hybridized carbons (Fsp3) is 0.611. The molecule has 0 radical (unpaired) electrons. The lowest BCUT2D eigenvalue weighted by Crippen LogP contribution is -2.48. The Balaban J connectivity index is 1.51. The number of aryl methyl sites for hydroxylation is 1. The van der Waals surface area contributed by atoms with E-state index in [9.17, 15) is 18.7 Å². The Bertz CT molecular complexity index is 596. The smallest absolute Gasteiger partial charge is 0.220 e. The molecule has 1 amide bonds. The van der Waals surface area contributed by atoms with Crippen LogP contribution >= 0.6 is 0 Å². The number of β-amino-alcohol motifs (C(OH)–C–C–N with tert-alkyl or cyclic N) is 1. The topological polar surface area (TPSA) is 52.6 Å². The van der Waals surface area contributed by atoms with Gasteiger partial charge in [0.1, 0.15) is 11.6 Å². The standard InChI is InChI=1S/C18H24F2N2O2/c19-13-5-6-15(20)12(10-13)4-7-18(24)21-16-2-1-3-17(16)22-9-8-14(23)11-22/h5-6,10,14,16-17,23H,1-4,7-9,11H2,(H,21,24)/t14?,16-,17+/m1/s1. The van der Waals surface area contributed by atoms with Crippen molar-refractivity contribution in [2.75, 3.05) is 13.1 Å². The third-order valence-electron chi connectivity index (χ3n) is 5.12. The van der Waals surface area contributed by atoms with Crippen molar-refractivity contribution >= 4 is 5.91 Å². The molecule has 1 aliphatic carbocycles. The molecule has 2 N–H and O–H groups in total. The van der Waals surface area contributed by atoms with E-state index >= 15 is 0 Å². The number of carbonyl (C=O) groups is 1. The van der Waals surface area contributed by atoms with E-state index in [-0.39, 0.29) is 42.5 Å². The van der Waals surface area contributed by atoms with Crippen molar-refractivity contribution in [1.29, 1.82) is 0 Å². The molecule has 0 aromatic heterocycles. The molecule has 24 heavy (non-hydrogen) atoms. The van der Waals surface area contributed by atoms with Crippen LogP contribution < -0.4 is 5.32 Å². The second-order valence-corrected chi connectivity index (χ2v) is 6.85. The van der Waals surface area contributed by atoms with Gasteiger partial charge in [-0.15, -0.1) is 0 Å². The monoisotopic (exact) mass is 338 g/mol. The van der Waals surface area contributed by atoms with Crippen LogP contribution in [0.15, 0.2) is 18.2 Å². The van der Waals surface area contributed by atoms with Gasteiger partial charge >= 0.3 is 0 Å². The van der Waals surface area contributed by atoms with E-state index in [4.69, 9.17) is 0 Å². The minimum absolute atomic E-state index is 0.0835. The summed E-state index contributed by atoms with van der Waals surface area (Å²) in [6.45, 7) is 1.54. The number of carbonyl (C=O) groups excluding carboxylic acids is 1. The van der Waals surface area contributed by atoms with Crippen LogP contribution in [0.2, 0.25) is 0 Å². The quantitative estimate of drug-likeness (QED) is 0.863. The summed E-state index contributed by atoms with van der Waals surface area (Å²) in [7, 11) is 0. The maximum atomic E-state index is 13.6. The number of nitrogens with zero attached hydrogens (tertiary/aromatic N) is 1. The first-order valence-corrected chi connectivity index (χ1v) is 8.68. The highest BCUT2D eigenvalue weighted by atomic mass is 19.1. The number of halogens is 2. The molecule has 1 saturated heterocycles. The highest BCUT2D eigenvalue weighted by Crippen LogP contribution is 2.27. The molecule has 2 aliphatic rings. The van der Waals surface area contributed by atoms with Crippen molar-refractivity contribution in [3.8, 4) is 0 Å². The summed E-state index contributed by atoms with van der Waals surface area (Å²) in [6, 6.07) is 3.67. The summed E-state index contributed by atoms with van der Waals surface area (Å²) in [5, 5.41) is 12.7. The highest BCUT2D eigenvalue weighted by Gasteiger charge is 2.36. The third-order valence-corrected chi connectivity index (χ3v) is 5.12. The molecular formula is C18H24F2N2O2. The molecule has 2 fully saturated rings. The van der Waals surface area contributed by atoms with E-state index < -0.39 is 11.6 Å². The SMILES string of the molecule is O=C(CCc1cc(F)ccc1F)N[C@@H]1CCC[C@@H]1N1CCC(O)C1. The first kappa shape index (κ1) is 17.3. The first-order valence-electron chi connectivity index (χ1n) is 8.68. The lowest BCUT2D eigenvalue weighted by atomic mass is 10.1. The number of aliphatic hydroxyl groups excluding tert-OH is 1. The first-order chi connectivity index (χ1) is 11.5. The van der Waals surface area contributed by atoms with Gasteiger partial charge in [0.15, 0.2) is 0 Å². The number of likely N-dealkylation sites (tertiary alicyclic amines) is 1. The van der Waals surface area contributed by atoms with Crippen LogP contribution in [0.1, 0.15) is 37.7 Å². The Morgan fingerprint density at radius 2 is 2.12 bits per heavy atom. The molecule has 4 nitrogen and oxygen atoms in total. The molecule has 0 bridgehead atoms. The molecule has 1 aromatic carbocycles. The van der Waals surface area contributed by atoms with Gasteiger partial charge in [0.05, 0.1) is 6.10 Å². The summed E-state index contributed by atoms with van der Waals surface area (Å²) < 4.78 is 26.8. The molecular weight excluding hydrogens is 314 g/mol. The predicted molar refractivity (Wildman–Crippen MR) is 86.4 cm³/mol. The van der Waals surface area contributed by atoms with Gasteiger partial charge in [0, 0.05) is 31.6 Å². The van der Waals surface area contributed by atoms with Crippen molar-refractivity contribution in [2.24, 2.45) is 0 Å². The van der Waals surface area contributed by atoms with E-state index in [1.165, 1.54) is 0 Å². The number of aliphatic hydroxyl groups is 1. The Morgan fingerprint density at radius 1 is 1.29 bits per heavy atom. The molecule has 0 spiro atoms. The maximum absolute atomic E-state index is 13.6. The van der Waals surface area contributed by atoms with E-state index in [0.29, 0.717) is 6.54 Å². The van der Waals surface area contributed by atoms with Gasteiger partial charge in [-0.05, 0) is 55.9 Å². The Labute approximate surface area is 140 Å². The maximum Gasteiger partial charge on any atom is 0.220 e. The lowest BCUT2D eigenvalue weighted by molar-refractivity contribution is -0.122. The summed E-state index contributed by atoms with van der Waals surface area (Å²) >= 11 is 0. The minimum Gasteiger partial charge on any atom is -0.392 e. The van der Waals surface area contributed by atoms with Gasteiger partial charge < -0.3 is 10.4 Å². The molecule has 1 aliphatic heterocycles. The summed E-state index contributed by atoms with van der Waals surface area (Å²) in [5.41, 5.74) is 0.232. The third kappa shape index (κ3) is 4.11. The van der Waals surface area contributed by atoms with Crippen LogP contribution in [-0.2, 0) is 11.2 Å². The zero-order valence-electron chi connectivity index (χ0n) is 13.7. The largest absolute Gasteiger partial charge is 0.392 e. The highest BCUT2D eigenvalue weighted by molar-refractivity contribution is 5.76. The van der Waals surface area contributed by atoms with Crippen LogP contribution in [-0.4, -0.2) is 47.2 Å². The predicted octanol–water partition coefficient (Wildman–Crippen LogP) is 2.00. The molecule has 1 heterocycles. The van der Waals surface area contributed by atoms with Crippen LogP contribution in [0.25, 0.3) is 0 Å². The Kier molecular flexibility index (Phi) is 5.46. The molecule has 1 aromatic rings. The number of amides is 1.